The van der Waals surface area contributed by atoms with Crippen LogP contribution < -0.4 is 0 Å². The van der Waals surface area contributed by atoms with E-state index >= 15 is 0 Å². The molecule has 0 saturated heterocycles. The number of hydrogen-bond donors (Lipinski definition) is 0. The summed E-state index contributed by atoms with van der Waals surface area (Å²) < 4.78 is 5.47. The van der Waals surface area contributed by atoms with Crippen LogP contribution in [0.2, 0.25) is 0 Å². The molecule has 68 valence electrons. The molecule has 1 heteroatoms. The van der Waals surface area contributed by atoms with Gasteiger partial charge < -0.3 is 4.74 Å². The lowest BCUT2D eigenvalue weighted by molar-refractivity contribution is 0.0990. The van der Waals surface area contributed by atoms with Crippen molar-refractivity contribution in [3.8, 4) is 0 Å². The molecule has 0 heterocycles. The summed E-state index contributed by atoms with van der Waals surface area (Å²) in [4.78, 5) is 0. The molecule has 0 aliphatic carbocycles. The molecule has 0 aromatic carbocycles. The molecular weight excluding hydrogens is 136 g/mol. The first-order valence-electron chi connectivity index (χ1n) is 4.74. The zero-order valence-corrected chi connectivity index (χ0v) is 8.39. The van der Waals surface area contributed by atoms with Crippen LogP contribution in [0.4, 0.5) is 0 Å². The van der Waals surface area contributed by atoms with E-state index in [1.807, 2.05) is 0 Å². The summed E-state index contributed by atoms with van der Waals surface area (Å²) in [6.07, 6.45) is 2.48. The van der Waals surface area contributed by atoms with E-state index in [1.54, 1.807) is 0 Å². The monoisotopic (exact) mass is 158 g/mol. The Morgan fingerprint density at radius 3 is 2.27 bits per heavy atom. The van der Waals surface area contributed by atoms with Crippen LogP contribution in [0.1, 0.15) is 40.5 Å². The summed E-state index contributed by atoms with van der Waals surface area (Å²) in [5.74, 6) is 1.49. The van der Waals surface area contributed by atoms with Crippen molar-refractivity contribution in [1.29, 1.82) is 0 Å². The van der Waals surface area contributed by atoms with Gasteiger partial charge in [0.15, 0.2) is 0 Å². The third kappa shape index (κ3) is 7.86. The number of rotatable bonds is 6. The molecule has 0 fully saturated rings. The van der Waals surface area contributed by atoms with Crippen LogP contribution in [-0.2, 0) is 4.74 Å². The van der Waals surface area contributed by atoms with Gasteiger partial charge in [0, 0.05) is 13.2 Å². The summed E-state index contributed by atoms with van der Waals surface area (Å²) >= 11 is 0. The highest BCUT2D eigenvalue weighted by Gasteiger charge is 1.98. The summed E-state index contributed by atoms with van der Waals surface area (Å²) in [7, 11) is 0. The maximum atomic E-state index is 5.47. The number of ether oxygens (including phenoxy) is 1. The fourth-order valence-electron chi connectivity index (χ4n) is 0.808. The second-order valence-electron chi connectivity index (χ2n) is 3.77. The molecule has 0 aromatic rings. The Morgan fingerprint density at radius 2 is 1.82 bits per heavy atom. The van der Waals surface area contributed by atoms with Crippen LogP contribution in [0.15, 0.2) is 0 Å². The molecule has 1 atom stereocenters. The Balaban J connectivity index is 3.01. The molecule has 0 aliphatic rings. The Hall–Kier alpha value is -0.0400. The molecule has 0 N–H and O–H groups in total. The van der Waals surface area contributed by atoms with Gasteiger partial charge in [-0.15, -0.1) is 0 Å². The van der Waals surface area contributed by atoms with Gasteiger partial charge in [-0.3, -0.25) is 0 Å². The van der Waals surface area contributed by atoms with Crippen molar-refractivity contribution in [3.05, 3.63) is 0 Å². The van der Waals surface area contributed by atoms with E-state index in [0.717, 1.165) is 19.1 Å². The summed E-state index contributed by atoms with van der Waals surface area (Å²) in [5, 5.41) is 0. The smallest absolute Gasteiger partial charge is 0.0488 e. The average molecular weight is 158 g/mol. The van der Waals surface area contributed by atoms with Gasteiger partial charge in [0.1, 0.15) is 0 Å². The molecule has 0 spiro atoms. The highest BCUT2D eigenvalue weighted by Crippen LogP contribution is 2.06. The summed E-state index contributed by atoms with van der Waals surface area (Å²) in [5.41, 5.74) is 0. The van der Waals surface area contributed by atoms with Crippen molar-refractivity contribution >= 4 is 0 Å². The molecule has 0 radical (unpaired) electrons. The molecule has 1 nitrogen and oxygen atoms in total. The molecule has 0 amide bonds. The van der Waals surface area contributed by atoms with E-state index < -0.39 is 0 Å². The molecule has 0 aromatic heterocycles. The predicted octanol–water partition coefficient (Wildman–Crippen LogP) is 3.10. The molecular formula is C10H22O. The van der Waals surface area contributed by atoms with Crippen LogP contribution in [-0.4, -0.2) is 13.2 Å². The second kappa shape index (κ2) is 6.66. The minimum Gasteiger partial charge on any atom is -0.381 e. The predicted molar refractivity (Wildman–Crippen MR) is 49.7 cm³/mol. The number of hydrogen-bond acceptors (Lipinski definition) is 1. The second-order valence-corrected chi connectivity index (χ2v) is 3.77. The van der Waals surface area contributed by atoms with Gasteiger partial charge in [-0.2, -0.15) is 0 Å². The third-order valence-electron chi connectivity index (χ3n) is 1.90. The van der Waals surface area contributed by atoms with Crippen LogP contribution in [0.5, 0.6) is 0 Å². The Labute approximate surface area is 71.1 Å². The zero-order valence-electron chi connectivity index (χ0n) is 8.39. The largest absolute Gasteiger partial charge is 0.381 e. The van der Waals surface area contributed by atoms with E-state index in [2.05, 4.69) is 27.7 Å². The van der Waals surface area contributed by atoms with Crippen LogP contribution in [0, 0.1) is 11.8 Å². The Bertz CT molecular complexity index is 78.9. The lowest BCUT2D eigenvalue weighted by Crippen LogP contribution is -2.05. The van der Waals surface area contributed by atoms with Crippen molar-refractivity contribution < 1.29 is 4.74 Å². The Morgan fingerprint density at radius 1 is 1.18 bits per heavy atom. The summed E-state index contributed by atoms with van der Waals surface area (Å²) in [6, 6.07) is 0. The molecule has 0 bridgehead atoms. The third-order valence-corrected chi connectivity index (χ3v) is 1.90. The maximum Gasteiger partial charge on any atom is 0.0488 e. The Kier molecular flexibility index (Phi) is 6.63. The van der Waals surface area contributed by atoms with Crippen LogP contribution >= 0.6 is 0 Å². The molecule has 1 unspecified atom stereocenters. The standard InChI is InChI=1S/C10H22O/c1-5-10(4)6-7-11-8-9(2)3/h9-10H,5-8H2,1-4H3. The van der Waals surface area contributed by atoms with Crippen LogP contribution in [0.25, 0.3) is 0 Å². The van der Waals surface area contributed by atoms with Gasteiger partial charge >= 0.3 is 0 Å². The first-order chi connectivity index (χ1) is 5.16. The lowest BCUT2D eigenvalue weighted by Gasteiger charge is -2.09. The fraction of sp³-hybridized carbons (Fsp3) is 1.00. The molecule has 0 aliphatic heterocycles. The van der Waals surface area contributed by atoms with E-state index in [-0.39, 0.29) is 0 Å². The van der Waals surface area contributed by atoms with Crippen molar-refractivity contribution in [2.24, 2.45) is 11.8 Å². The van der Waals surface area contributed by atoms with Crippen molar-refractivity contribution in [2.75, 3.05) is 13.2 Å². The van der Waals surface area contributed by atoms with E-state index in [0.29, 0.717) is 5.92 Å². The zero-order chi connectivity index (χ0) is 8.69. The molecule has 11 heavy (non-hydrogen) atoms. The van der Waals surface area contributed by atoms with E-state index in [4.69, 9.17) is 4.74 Å². The van der Waals surface area contributed by atoms with Gasteiger partial charge in [-0.05, 0) is 18.3 Å². The molecule has 0 rings (SSSR count). The first-order valence-corrected chi connectivity index (χ1v) is 4.74. The first kappa shape index (κ1) is 11.0. The van der Waals surface area contributed by atoms with Gasteiger partial charge in [0.2, 0.25) is 0 Å². The average Bonchev–Trinajstić information content (AvgIpc) is 1.97. The van der Waals surface area contributed by atoms with Gasteiger partial charge in [0.05, 0.1) is 0 Å². The van der Waals surface area contributed by atoms with Gasteiger partial charge in [-0.25, -0.2) is 0 Å². The van der Waals surface area contributed by atoms with Gasteiger partial charge in [0.25, 0.3) is 0 Å². The van der Waals surface area contributed by atoms with E-state index in [9.17, 15) is 0 Å². The minimum atomic E-state index is 0.673. The van der Waals surface area contributed by atoms with Crippen molar-refractivity contribution in [2.45, 2.75) is 40.5 Å². The quantitative estimate of drug-likeness (QED) is 0.540. The fourth-order valence-corrected chi connectivity index (χ4v) is 0.808. The van der Waals surface area contributed by atoms with E-state index in [1.165, 1.54) is 12.8 Å². The SMILES string of the molecule is CCC(C)CCOCC(C)C. The van der Waals surface area contributed by atoms with Crippen LogP contribution in [0.3, 0.4) is 0 Å². The lowest BCUT2D eigenvalue weighted by atomic mass is 10.1. The normalized spacial score (nSPS) is 13.9. The minimum absolute atomic E-state index is 0.673. The molecule has 0 saturated carbocycles. The highest BCUT2D eigenvalue weighted by molar-refractivity contribution is 4.48. The maximum absolute atomic E-state index is 5.47. The summed E-state index contributed by atoms with van der Waals surface area (Å²) in [6.45, 7) is 10.7. The van der Waals surface area contributed by atoms with Crippen molar-refractivity contribution in [3.63, 3.8) is 0 Å². The topological polar surface area (TPSA) is 9.23 Å². The van der Waals surface area contributed by atoms with Gasteiger partial charge in [-0.1, -0.05) is 34.1 Å². The van der Waals surface area contributed by atoms with Crippen molar-refractivity contribution in [1.82, 2.24) is 0 Å². The highest BCUT2D eigenvalue weighted by atomic mass is 16.5.